The van der Waals surface area contributed by atoms with Crippen molar-refractivity contribution in [3.05, 3.63) is 95.1 Å². The van der Waals surface area contributed by atoms with Crippen molar-refractivity contribution in [1.29, 1.82) is 0 Å². The molecule has 0 bridgehead atoms. The van der Waals surface area contributed by atoms with Gasteiger partial charge in [0.1, 0.15) is 11.6 Å². The van der Waals surface area contributed by atoms with E-state index in [0.29, 0.717) is 6.42 Å². The Kier molecular flexibility index (Phi) is 6.75. The fourth-order valence-corrected chi connectivity index (χ4v) is 3.31. The maximum atomic E-state index is 14.3. The lowest BCUT2D eigenvalue weighted by Gasteiger charge is -2.08. The molecular formula is C25H26F2. The van der Waals surface area contributed by atoms with Crippen molar-refractivity contribution in [3.8, 4) is 11.1 Å². The van der Waals surface area contributed by atoms with Gasteiger partial charge in [-0.25, -0.2) is 8.78 Å². The van der Waals surface area contributed by atoms with Gasteiger partial charge in [-0.1, -0.05) is 68.3 Å². The third-order valence-electron chi connectivity index (χ3n) is 5.00. The van der Waals surface area contributed by atoms with Crippen LogP contribution in [0.3, 0.4) is 0 Å². The Bertz CT molecular complexity index is 848. The van der Waals surface area contributed by atoms with Gasteiger partial charge in [0, 0.05) is 0 Å². The fourth-order valence-electron chi connectivity index (χ4n) is 3.31. The van der Waals surface area contributed by atoms with Crippen molar-refractivity contribution in [2.75, 3.05) is 0 Å². The lowest BCUT2D eigenvalue weighted by atomic mass is 9.99. The number of hydrogen-bond donors (Lipinski definition) is 0. The minimum Gasteiger partial charge on any atom is -0.207 e. The summed E-state index contributed by atoms with van der Waals surface area (Å²) in [6.45, 7) is 2.18. The van der Waals surface area contributed by atoms with Gasteiger partial charge >= 0.3 is 0 Å². The van der Waals surface area contributed by atoms with Crippen LogP contribution < -0.4 is 0 Å². The van der Waals surface area contributed by atoms with Crippen molar-refractivity contribution in [3.63, 3.8) is 0 Å². The van der Waals surface area contributed by atoms with E-state index in [0.717, 1.165) is 41.5 Å². The Morgan fingerprint density at radius 1 is 0.630 bits per heavy atom. The molecule has 0 aliphatic rings. The topological polar surface area (TPSA) is 0 Å². The highest BCUT2D eigenvalue weighted by molar-refractivity contribution is 5.63. The molecule has 0 saturated heterocycles. The summed E-state index contributed by atoms with van der Waals surface area (Å²) in [5.74, 6) is -0.319. The van der Waals surface area contributed by atoms with E-state index >= 15 is 0 Å². The molecule has 0 nitrogen and oxygen atoms in total. The second kappa shape index (κ2) is 9.45. The Morgan fingerprint density at radius 2 is 1.26 bits per heavy atom. The molecule has 0 N–H and O–H groups in total. The van der Waals surface area contributed by atoms with E-state index in [1.807, 2.05) is 18.2 Å². The predicted molar refractivity (Wildman–Crippen MR) is 109 cm³/mol. The van der Waals surface area contributed by atoms with Gasteiger partial charge in [0.15, 0.2) is 0 Å². The van der Waals surface area contributed by atoms with Gasteiger partial charge in [0.25, 0.3) is 0 Å². The van der Waals surface area contributed by atoms with Gasteiger partial charge in [-0.05, 0) is 71.7 Å². The van der Waals surface area contributed by atoms with Crippen LogP contribution in [-0.4, -0.2) is 0 Å². The first-order valence-electron chi connectivity index (χ1n) is 9.78. The maximum absolute atomic E-state index is 14.3. The van der Waals surface area contributed by atoms with Gasteiger partial charge < -0.3 is 0 Å². The number of aryl methyl sites for hydroxylation is 3. The number of halogens is 2. The average molecular weight is 364 g/mol. The van der Waals surface area contributed by atoms with E-state index in [1.165, 1.54) is 30.5 Å². The first-order valence-corrected chi connectivity index (χ1v) is 9.78. The van der Waals surface area contributed by atoms with Crippen LogP contribution in [-0.2, 0) is 19.3 Å². The van der Waals surface area contributed by atoms with Crippen LogP contribution in [0.1, 0.15) is 42.9 Å². The van der Waals surface area contributed by atoms with E-state index in [-0.39, 0.29) is 11.6 Å². The van der Waals surface area contributed by atoms with Crippen LogP contribution >= 0.6 is 0 Å². The van der Waals surface area contributed by atoms with Crippen molar-refractivity contribution in [2.24, 2.45) is 0 Å². The smallest absolute Gasteiger partial charge is 0.126 e. The van der Waals surface area contributed by atoms with Gasteiger partial charge in [-0.15, -0.1) is 0 Å². The van der Waals surface area contributed by atoms with Crippen molar-refractivity contribution >= 4 is 0 Å². The van der Waals surface area contributed by atoms with Crippen LogP contribution in [0.2, 0.25) is 0 Å². The van der Waals surface area contributed by atoms with E-state index in [1.54, 1.807) is 18.2 Å². The standard InChI is InChI=1S/C25H26F2/c1-2-3-4-5-20-9-13-23(25(27)18-20)12-8-19-6-10-21(11-7-19)22-14-16-24(26)17-15-22/h6-7,9-11,13-18H,2-5,8,12H2,1H3. The molecule has 3 aromatic carbocycles. The summed E-state index contributed by atoms with van der Waals surface area (Å²) in [6, 6.07) is 20.4. The first kappa shape index (κ1) is 19.3. The largest absolute Gasteiger partial charge is 0.207 e. The summed E-state index contributed by atoms with van der Waals surface area (Å²) >= 11 is 0. The molecule has 0 heterocycles. The van der Waals surface area contributed by atoms with Crippen LogP contribution in [0.25, 0.3) is 11.1 Å². The zero-order chi connectivity index (χ0) is 19.1. The van der Waals surface area contributed by atoms with E-state index in [4.69, 9.17) is 0 Å². The Balaban J connectivity index is 1.59. The van der Waals surface area contributed by atoms with Gasteiger partial charge in [-0.3, -0.25) is 0 Å². The average Bonchev–Trinajstić information content (AvgIpc) is 2.69. The normalized spacial score (nSPS) is 10.9. The summed E-state index contributed by atoms with van der Waals surface area (Å²) in [6.07, 6.45) is 5.94. The highest BCUT2D eigenvalue weighted by Crippen LogP contribution is 2.21. The minimum absolute atomic E-state index is 0.0908. The van der Waals surface area contributed by atoms with Crippen molar-refractivity contribution in [2.45, 2.75) is 45.4 Å². The second-order valence-electron chi connectivity index (χ2n) is 7.09. The Hall–Kier alpha value is -2.48. The summed E-state index contributed by atoms with van der Waals surface area (Å²) in [4.78, 5) is 0. The van der Waals surface area contributed by atoms with E-state index in [9.17, 15) is 8.78 Å². The third kappa shape index (κ3) is 5.50. The molecule has 0 unspecified atom stereocenters. The number of benzene rings is 3. The summed E-state index contributed by atoms with van der Waals surface area (Å²) < 4.78 is 27.4. The van der Waals surface area contributed by atoms with Crippen molar-refractivity contribution < 1.29 is 8.78 Å². The van der Waals surface area contributed by atoms with Crippen LogP contribution in [0.15, 0.2) is 66.7 Å². The van der Waals surface area contributed by atoms with Crippen LogP contribution in [0.5, 0.6) is 0 Å². The van der Waals surface area contributed by atoms with Gasteiger partial charge in [-0.2, -0.15) is 0 Å². The molecule has 0 amide bonds. The molecular weight excluding hydrogens is 338 g/mol. The zero-order valence-electron chi connectivity index (χ0n) is 15.8. The Morgan fingerprint density at radius 3 is 1.89 bits per heavy atom. The molecule has 0 spiro atoms. The molecule has 0 radical (unpaired) electrons. The third-order valence-corrected chi connectivity index (χ3v) is 5.00. The minimum atomic E-state index is -0.228. The summed E-state index contributed by atoms with van der Waals surface area (Å²) in [7, 11) is 0. The molecule has 0 aliphatic heterocycles. The molecule has 0 aliphatic carbocycles. The molecule has 0 fully saturated rings. The van der Waals surface area contributed by atoms with E-state index < -0.39 is 0 Å². The van der Waals surface area contributed by atoms with Crippen molar-refractivity contribution in [1.82, 2.24) is 0 Å². The molecule has 3 aromatic rings. The molecule has 140 valence electrons. The Labute approximate surface area is 160 Å². The molecule has 0 saturated carbocycles. The molecule has 27 heavy (non-hydrogen) atoms. The maximum Gasteiger partial charge on any atom is 0.126 e. The van der Waals surface area contributed by atoms with Crippen LogP contribution in [0, 0.1) is 11.6 Å². The number of hydrogen-bond acceptors (Lipinski definition) is 0. The first-order chi connectivity index (χ1) is 13.2. The fraction of sp³-hybridized carbons (Fsp3) is 0.280. The quantitative estimate of drug-likeness (QED) is 0.372. The summed E-state index contributed by atoms with van der Waals surface area (Å²) in [5.41, 5.74) is 5.09. The van der Waals surface area contributed by atoms with Gasteiger partial charge in [0.2, 0.25) is 0 Å². The van der Waals surface area contributed by atoms with Gasteiger partial charge in [0.05, 0.1) is 0 Å². The zero-order valence-corrected chi connectivity index (χ0v) is 15.8. The molecule has 0 atom stereocenters. The number of unbranched alkanes of at least 4 members (excludes halogenated alkanes) is 2. The lowest BCUT2D eigenvalue weighted by Crippen LogP contribution is -1.97. The second-order valence-corrected chi connectivity index (χ2v) is 7.09. The molecule has 2 heteroatoms. The lowest BCUT2D eigenvalue weighted by molar-refractivity contribution is 0.604. The SMILES string of the molecule is CCCCCc1ccc(CCc2ccc(-c3ccc(F)cc3)cc2)c(F)c1. The molecule has 3 rings (SSSR count). The number of rotatable bonds is 8. The predicted octanol–water partition coefficient (Wildman–Crippen LogP) is 7.15. The molecule has 0 aromatic heterocycles. The van der Waals surface area contributed by atoms with E-state index in [2.05, 4.69) is 25.1 Å². The highest BCUT2D eigenvalue weighted by Gasteiger charge is 2.05. The summed E-state index contributed by atoms with van der Waals surface area (Å²) in [5, 5.41) is 0. The highest BCUT2D eigenvalue weighted by atomic mass is 19.1. The monoisotopic (exact) mass is 364 g/mol. The van der Waals surface area contributed by atoms with Crippen LogP contribution in [0.4, 0.5) is 8.78 Å².